The van der Waals surface area contributed by atoms with Crippen molar-refractivity contribution in [3.05, 3.63) is 0 Å². The summed E-state index contributed by atoms with van der Waals surface area (Å²) >= 11 is 0. The molecule has 0 aliphatic carbocycles. The Morgan fingerprint density at radius 3 is 2.93 bits per heavy atom. The number of ether oxygens (including phenoxy) is 2. The third-order valence-electron chi connectivity index (χ3n) is 2.08. The lowest BCUT2D eigenvalue weighted by molar-refractivity contribution is -0.140. The van der Waals surface area contributed by atoms with Crippen LogP contribution in [0.3, 0.4) is 0 Å². The van der Waals surface area contributed by atoms with Gasteiger partial charge in [0, 0.05) is 13.2 Å². The maximum atomic E-state index is 11.3. The third-order valence-corrected chi connectivity index (χ3v) is 2.08. The van der Waals surface area contributed by atoms with Crippen LogP contribution in [0.1, 0.15) is 19.3 Å². The summed E-state index contributed by atoms with van der Waals surface area (Å²) in [6.45, 7) is 0.959. The Balaban J connectivity index is 2.11. The van der Waals surface area contributed by atoms with Crippen molar-refractivity contribution in [2.75, 3.05) is 20.3 Å². The van der Waals surface area contributed by atoms with Gasteiger partial charge in [0.1, 0.15) is 6.10 Å². The minimum atomic E-state index is -0.326. The summed E-state index contributed by atoms with van der Waals surface area (Å²) in [5.74, 6) is -0.455. The van der Waals surface area contributed by atoms with Crippen molar-refractivity contribution in [2.24, 2.45) is 0 Å². The maximum absolute atomic E-state index is 11.3. The molecule has 0 bridgehead atoms. The molecule has 0 radical (unpaired) electrons. The Morgan fingerprint density at radius 2 is 2.36 bits per heavy atom. The monoisotopic (exact) mass is 201 g/mol. The second-order valence-electron chi connectivity index (χ2n) is 3.12. The largest absolute Gasteiger partial charge is 0.469 e. The molecule has 1 amide bonds. The summed E-state index contributed by atoms with van der Waals surface area (Å²) in [7, 11) is 1.32. The molecule has 1 fully saturated rings. The lowest BCUT2D eigenvalue weighted by atomic mass is 10.2. The Bertz CT molecular complexity index is 211. The molecule has 5 heteroatoms. The fourth-order valence-corrected chi connectivity index (χ4v) is 1.29. The van der Waals surface area contributed by atoms with E-state index in [1.165, 1.54) is 7.11 Å². The number of carbonyl (C=O) groups excluding carboxylic acids is 2. The van der Waals surface area contributed by atoms with E-state index in [-0.39, 0.29) is 24.4 Å². The summed E-state index contributed by atoms with van der Waals surface area (Å²) in [5, 5.41) is 2.63. The summed E-state index contributed by atoms with van der Waals surface area (Å²) in [6.07, 6.45) is 1.57. The Kier molecular flexibility index (Phi) is 4.39. The van der Waals surface area contributed by atoms with Crippen molar-refractivity contribution >= 4 is 11.9 Å². The molecule has 1 saturated heterocycles. The first-order valence-corrected chi connectivity index (χ1v) is 4.70. The number of nitrogens with one attached hydrogen (secondary N) is 1. The lowest BCUT2D eigenvalue weighted by Gasteiger charge is -2.09. The average Bonchev–Trinajstić information content (AvgIpc) is 2.70. The molecule has 80 valence electrons. The summed E-state index contributed by atoms with van der Waals surface area (Å²) < 4.78 is 9.61. The highest BCUT2D eigenvalue weighted by molar-refractivity contribution is 5.81. The lowest BCUT2D eigenvalue weighted by Crippen LogP contribution is -2.35. The zero-order chi connectivity index (χ0) is 10.4. The second kappa shape index (κ2) is 5.59. The van der Waals surface area contributed by atoms with Gasteiger partial charge in [-0.25, -0.2) is 0 Å². The van der Waals surface area contributed by atoms with Crippen LogP contribution in [-0.2, 0) is 19.1 Å². The topological polar surface area (TPSA) is 64.6 Å². The zero-order valence-corrected chi connectivity index (χ0v) is 8.25. The maximum Gasteiger partial charge on any atom is 0.307 e. The molecule has 0 aromatic rings. The minimum Gasteiger partial charge on any atom is -0.469 e. The van der Waals surface area contributed by atoms with Gasteiger partial charge in [-0.2, -0.15) is 0 Å². The first-order valence-electron chi connectivity index (χ1n) is 4.70. The highest BCUT2D eigenvalue weighted by Crippen LogP contribution is 2.11. The molecule has 1 N–H and O–H groups in total. The van der Waals surface area contributed by atoms with Gasteiger partial charge >= 0.3 is 5.97 Å². The molecule has 0 unspecified atom stereocenters. The van der Waals surface area contributed by atoms with E-state index in [4.69, 9.17) is 4.74 Å². The quantitative estimate of drug-likeness (QED) is 0.642. The van der Waals surface area contributed by atoms with Gasteiger partial charge in [-0.05, 0) is 12.8 Å². The molecular weight excluding hydrogens is 186 g/mol. The van der Waals surface area contributed by atoms with Crippen LogP contribution in [-0.4, -0.2) is 38.2 Å². The van der Waals surface area contributed by atoms with Crippen molar-refractivity contribution < 1.29 is 19.1 Å². The van der Waals surface area contributed by atoms with Gasteiger partial charge in [0.25, 0.3) is 0 Å². The fraction of sp³-hybridized carbons (Fsp3) is 0.778. The first-order chi connectivity index (χ1) is 6.74. The highest BCUT2D eigenvalue weighted by atomic mass is 16.5. The van der Waals surface area contributed by atoms with E-state index in [0.717, 1.165) is 12.8 Å². The number of esters is 1. The van der Waals surface area contributed by atoms with Crippen LogP contribution in [0.2, 0.25) is 0 Å². The molecule has 5 nitrogen and oxygen atoms in total. The number of hydrogen-bond acceptors (Lipinski definition) is 4. The minimum absolute atomic E-state index is 0.133. The third kappa shape index (κ3) is 3.33. The van der Waals surface area contributed by atoms with Gasteiger partial charge in [0.05, 0.1) is 13.5 Å². The second-order valence-corrected chi connectivity index (χ2v) is 3.12. The Hall–Kier alpha value is -1.10. The van der Waals surface area contributed by atoms with Crippen LogP contribution in [0.5, 0.6) is 0 Å². The molecule has 0 aromatic carbocycles. The van der Waals surface area contributed by atoms with Gasteiger partial charge in [-0.15, -0.1) is 0 Å². The smallest absolute Gasteiger partial charge is 0.307 e. The van der Waals surface area contributed by atoms with Crippen molar-refractivity contribution in [3.63, 3.8) is 0 Å². The zero-order valence-electron chi connectivity index (χ0n) is 8.25. The molecule has 0 aromatic heterocycles. The number of rotatable bonds is 4. The van der Waals surface area contributed by atoms with Crippen LogP contribution in [0.25, 0.3) is 0 Å². The molecule has 0 saturated carbocycles. The molecule has 1 aliphatic heterocycles. The molecule has 1 rings (SSSR count). The van der Waals surface area contributed by atoms with Crippen molar-refractivity contribution in [1.29, 1.82) is 0 Å². The SMILES string of the molecule is COC(=O)CCNC(=O)[C@@H]1CCCO1. The molecule has 14 heavy (non-hydrogen) atoms. The van der Waals surface area contributed by atoms with Crippen LogP contribution >= 0.6 is 0 Å². The predicted molar refractivity (Wildman–Crippen MR) is 48.6 cm³/mol. The molecule has 0 spiro atoms. The van der Waals surface area contributed by atoms with E-state index in [0.29, 0.717) is 13.2 Å². The molecule has 1 aliphatic rings. The number of hydrogen-bond donors (Lipinski definition) is 1. The molecule has 1 heterocycles. The van der Waals surface area contributed by atoms with Gasteiger partial charge in [-0.1, -0.05) is 0 Å². The number of carbonyl (C=O) groups is 2. The summed E-state index contributed by atoms with van der Waals surface area (Å²) in [6, 6.07) is 0. The van der Waals surface area contributed by atoms with Gasteiger partial charge in [0.2, 0.25) is 5.91 Å². The molecular formula is C9H15NO4. The normalized spacial score (nSPS) is 20.5. The number of amides is 1. The van der Waals surface area contributed by atoms with Crippen molar-refractivity contribution in [1.82, 2.24) is 5.32 Å². The summed E-state index contributed by atoms with van der Waals surface area (Å²) in [5.41, 5.74) is 0. The Morgan fingerprint density at radius 1 is 1.57 bits per heavy atom. The standard InChI is InChI=1S/C9H15NO4/c1-13-8(11)4-5-10-9(12)7-3-2-6-14-7/h7H,2-6H2,1H3,(H,10,12)/t7-/m0/s1. The van der Waals surface area contributed by atoms with Gasteiger partial charge in [0.15, 0.2) is 0 Å². The van der Waals surface area contributed by atoms with Crippen molar-refractivity contribution in [3.8, 4) is 0 Å². The number of methoxy groups -OCH3 is 1. The van der Waals surface area contributed by atoms with Crippen LogP contribution in [0.4, 0.5) is 0 Å². The van der Waals surface area contributed by atoms with E-state index in [1.807, 2.05) is 0 Å². The predicted octanol–water partition coefficient (Wildman–Crippen LogP) is -0.155. The summed E-state index contributed by atoms with van der Waals surface area (Å²) in [4.78, 5) is 22.0. The van der Waals surface area contributed by atoms with Crippen LogP contribution in [0.15, 0.2) is 0 Å². The van der Waals surface area contributed by atoms with E-state index >= 15 is 0 Å². The van der Waals surface area contributed by atoms with Gasteiger partial charge in [-0.3, -0.25) is 9.59 Å². The fourth-order valence-electron chi connectivity index (χ4n) is 1.29. The first kappa shape index (κ1) is 11.0. The van der Waals surface area contributed by atoms with Gasteiger partial charge < -0.3 is 14.8 Å². The van der Waals surface area contributed by atoms with Crippen LogP contribution in [0, 0.1) is 0 Å². The van der Waals surface area contributed by atoms with Crippen molar-refractivity contribution in [2.45, 2.75) is 25.4 Å². The van der Waals surface area contributed by atoms with E-state index in [9.17, 15) is 9.59 Å². The Labute approximate surface area is 82.8 Å². The molecule has 1 atom stereocenters. The van der Waals surface area contributed by atoms with E-state index in [1.54, 1.807) is 0 Å². The van der Waals surface area contributed by atoms with E-state index < -0.39 is 0 Å². The van der Waals surface area contributed by atoms with Crippen LogP contribution < -0.4 is 5.32 Å². The average molecular weight is 201 g/mol. The highest BCUT2D eigenvalue weighted by Gasteiger charge is 2.22. The van der Waals surface area contributed by atoms with E-state index in [2.05, 4.69) is 10.1 Å².